The molecular weight excluding hydrogens is 184 g/mol. The maximum Gasteiger partial charge on any atom is 0.303 e. The lowest BCUT2D eigenvalue weighted by Crippen LogP contribution is -2.31. The fourth-order valence-corrected chi connectivity index (χ4v) is 1.02. The lowest BCUT2D eigenvalue weighted by atomic mass is 10.2. The van der Waals surface area contributed by atoms with Crippen molar-refractivity contribution in [3.63, 3.8) is 0 Å². The average Bonchev–Trinajstić information content (AvgIpc) is 2.16. The van der Waals surface area contributed by atoms with Crippen LogP contribution in [0.4, 0.5) is 0 Å². The zero-order valence-corrected chi connectivity index (χ0v) is 8.19. The number of amides is 1. The summed E-state index contributed by atoms with van der Waals surface area (Å²) in [6.07, 6.45) is 0.142. The van der Waals surface area contributed by atoms with Crippen molar-refractivity contribution in [2.24, 2.45) is 0 Å². The van der Waals surface area contributed by atoms with E-state index in [-0.39, 0.29) is 25.2 Å². The molecule has 14 heavy (non-hydrogen) atoms. The van der Waals surface area contributed by atoms with Gasteiger partial charge in [-0.15, -0.1) is 0 Å². The van der Waals surface area contributed by atoms with Crippen molar-refractivity contribution < 1.29 is 14.7 Å². The quantitative estimate of drug-likeness (QED) is 0.678. The van der Waals surface area contributed by atoms with E-state index in [2.05, 4.69) is 0 Å². The van der Waals surface area contributed by atoms with E-state index in [1.807, 2.05) is 6.07 Å². The van der Waals surface area contributed by atoms with Gasteiger partial charge in [0.25, 0.3) is 0 Å². The van der Waals surface area contributed by atoms with E-state index in [0.29, 0.717) is 13.1 Å². The molecule has 0 rings (SSSR count). The molecule has 1 amide bonds. The SMILES string of the molecule is CCN(CCC#N)C(=O)CCC(=O)O. The number of carbonyl (C=O) groups excluding carboxylic acids is 1. The summed E-state index contributed by atoms with van der Waals surface area (Å²) in [5, 5.41) is 16.7. The molecule has 0 aromatic carbocycles. The maximum atomic E-state index is 11.3. The highest BCUT2D eigenvalue weighted by molar-refractivity contribution is 5.80. The van der Waals surface area contributed by atoms with Crippen molar-refractivity contribution in [3.05, 3.63) is 0 Å². The van der Waals surface area contributed by atoms with Gasteiger partial charge in [-0.05, 0) is 6.92 Å². The van der Waals surface area contributed by atoms with Crippen molar-refractivity contribution in [2.75, 3.05) is 13.1 Å². The molecule has 0 heterocycles. The summed E-state index contributed by atoms with van der Waals surface area (Å²) in [5.74, 6) is -1.18. The van der Waals surface area contributed by atoms with E-state index in [9.17, 15) is 9.59 Å². The zero-order valence-electron chi connectivity index (χ0n) is 8.19. The first-order valence-electron chi connectivity index (χ1n) is 4.48. The van der Waals surface area contributed by atoms with Gasteiger partial charge < -0.3 is 10.0 Å². The molecule has 0 saturated heterocycles. The summed E-state index contributed by atoms with van der Waals surface area (Å²) >= 11 is 0. The van der Waals surface area contributed by atoms with Crippen LogP contribution in [-0.4, -0.2) is 35.0 Å². The van der Waals surface area contributed by atoms with Crippen LogP contribution in [0.25, 0.3) is 0 Å². The molecule has 0 spiro atoms. The van der Waals surface area contributed by atoms with Gasteiger partial charge in [-0.1, -0.05) is 0 Å². The molecule has 78 valence electrons. The van der Waals surface area contributed by atoms with Gasteiger partial charge in [0, 0.05) is 19.5 Å². The summed E-state index contributed by atoms with van der Waals surface area (Å²) in [7, 11) is 0. The minimum Gasteiger partial charge on any atom is -0.481 e. The van der Waals surface area contributed by atoms with E-state index in [0.717, 1.165) is 0 Å². The van der Waals surface area contributed by atoms with E-state index < -0.39 is 5.97 Å². The van der Waals surface area contributed by atoms with Crippen LogP contribution in [0.2, 0.25) is 0 Å². The molecule has 0 atom stereocenters. The maximum absolute atomic E-state index is 11.3. The van der Waals surface area contributed by atoms with Crippen molar-refractivity contribution in [1.29, 1.82) is 5.26 Å². The third kappa shape index (κ3) is 5.14. The Kier molecular flexibility index (Phi) is 6.12. The number of hydrogen-bond donors (Lipinski definition) is 1. The molecule has 0 radical (unpaired) electrons. The van der Waals surface area contributed by atoms with Crippen LogP contribution in [0, 0.1) is 11.3 Å². The lowest BCUT2D eigenvalue weighted by Gasteiger charge is -2.18. The summed E-state index contributed by atoms with van der Waals surface area (Å²) in [6, 6.07) is 1.94. The van der Waals surface area contributed by atoms with Crippen molar-refractivity contribution in [1.82, 2.24) is 4.90 Å². The number of rotatable bonds is 6. The van der Waals surface area contributed by atoms with Gasteiger partial charge in [0.1, 0.15) is 0 Å². The highest BCUT2D eigenvalue weighted by atomic mass is 16.4. The van der Waals surface area contributed by atoms with E-state index >= 15 is 0 Å². The molecule has 0 unspecified atom stereocenters. The van der Waals surface area contributed by atoms with Gasteiger partial charge in [0.05, 0.1) is 18.9 Å². The van der Waals surface area contributed by atoms with Crippen LogP contribution in [0.3, 0.4) is 0 Å². The molecule has 0 aliphatic heterocycles. The Morgan fingerprint density at radius 2 is 2.07 bits per heavy atom. The number of carbonyl (C=O) groups is 2. The van der Waals surface area contributed by atoms with Gasteiger partial charge in [0.15, 0.2) is 0 Å². The third-order valence-electron chi connectivity index (χ3n) is 1.78. The predicted molar refractivity (Wildman–Crippen MR) is 49.4 cm³/mol. The molecule has 1 N–H and O–H groups in total. The third-order valence-corrected chi connectivity index (χ3v) is 1.78. The standard InChI is InChI=1S/C9H14N2O3/c1-2-11(7-3-6-10)8(12)4-5-9(13)14/h2-5,7H2,1H3,(H,13,14). The number of aliphatic carboxylic acids is 1. The molecule has 0 aromatic rings. The Morgan fingerprint density at radius 1 is 1.43 bits per heavy atom. The number of nitrogens with zero attached hydrogens (tertiary/aromatic N) is 2. The molecule has 0 aliphatic carbocycles. The Balaban J connectivity index is 3.92. The van der Waals surface area contributed by atoms with Crippen LogP contribution in [0.5, 0.6) is 0 Å². The average molecular weight is 198 g/mol. The summed E-state index contributed by atoms with van der Waals surface area (Å²) in [6.45, 7) is 2.70. The second-order valence-electron chi connectivity index (χ2n) is 2.78. The topological polar surface area (TPSA) is 81.4 Å². The molecular formula is C9H14N2O3. The smallest absolute Gasteiger partial charge is 0.303 e. The lowest BCUT2D eigenvalue weighted by molar-refractivity contribution is -0.140. The van der Waals surface area contributed by atoms with Gasteiger partial charge in [-0.3, -0.25) is 9.59 Å². The second-order valence-corrected chi connectivity index (χ2v) is 2.78. The Morgan fingerprint density at radius 3 is 2.50 bits per heavy atom. The van der Waals surface area contributed by atoms with Gasteiger partial charge in [-0.25, -0.2) is 0 Å². The predicted octanol–water partition coefficient (Wildman–Crippen LogP) is 0.613. The van der Waals surface area contributed by atoms with E-state index in [1.165, 1.54) is 4.90 Å². The van der Waals surface area contributed by atoms with Crippen molar-refractivity contribution >= 4 is 11.9 Å². The van der Waals surface area contributed by atoms with Crippen LogP contribution < -0.4 is 0 Å². The van der Waals surface area contributed by atoms with E-state index in [4.69, 9.17) is 10.4 Å². The van der Waals surface area contributed by atoms with Crippen LogP contribution in [-0.2, 0) is 9.59 Å². The summed E-state index contributed by atoms with van der Waals surface area (Å²) in [4.78, 5) is 23.0. The number of nitriles is 1. The Bertz CT molecular complexity index is 245. The first kappa shape index (κ1) is 12.4. The number of carboxylic acids is 1. The molecule has 0 saturated carbocycles. The van der Waals surface area contributed by atoms with Gasteiger partial charge in [0.2, 0.25) is 5.91 Å². The first-order chi connectivity index (χ1) is 6.61. The van der Waals surface area contributed by atoms with E-state index in [1.54, 1.807) is 6.92 Å². The summed E-state index contributed by atoms with van der Waals surface area (Å²) < 4.78 is 0. The fourth-order valence-electron chi connectivity index (χ4n) is 1.02. The van der Waals surface area contributed by atoms with Crippen molar-refractivity contribution in [3.8, 4) is 6.07 Å². The molecule has 0 aliphatic rings. The molecule has 0 aromatic heterocycles. The fraction of sp³-hybridized carbons (Fsp3) is 0.667. The summed E-state index contributed by atoms with van der Waals surface area (Å²) in [5.41, 5.74) is 0. The largest absolute Gasteiger partial charge is 0.481 e. The molecule has 5 nitrogen and oxygen atoms in total. The minimum atomic E-state index is -0.977. The number of hydrogen-bond acceptors (Lipinski definition) is 3. The highest BCUT2D eigenvalue weighted by Gasteiger charge is 2.12. The van der Waals surface area contributed by atoms with Crippen LogP contribution in [0.1, 0.15) is 26.2 Å². The van der Waals surface area contributed by atoms with Crippen LogP contribution in [0.15, 0.2) is 0 Å². The molecule has 0 fully saturated rings. The Hall–Kier alpha value is -1.57. The number of carboxylic acid groups (broad SMARTS) is 1. The normalized spacial score (nSPS) is 9.14. The van der Waals surface area contributed by atoms with Crippen LogP contribution >= 0.6 is 0 Å². The van der Waals surface area contributed by atoms with Gasteiger partial charge >= 0.3 is 5.97 Å². The second kappa shape index (κ2) is 6.89. The molecule has 5 heteroatoms. The molecule has 0 bridgehead atoms. The minimum absolute atomic E-state index is 0.00853. The van der Waals surface area contributed by atoms with Crippen molar-refractivity contribution in [2.45, 2.75) is 26.2 Å². The first-order valence-corrected chi connectivity index (χ1v) is 4.48. The zero-order chi connectivity index (χ0) is 11.0. The monoisotopic (exact) mass is 198 g/mol. The highest BCUT2D eigenvalue weighted by Crippen LogP contribution is 1.99. The van der Waals surface area contributed by atoms with Gasteiger partial charge in [-0.2, -0.15) is 5.26 Å². The Labute approximate surface area is 82.9 Å².